The van der Waals surface area contributed by atoms with Gasteiger partial charge in [-0.2, -0.15) is 23.7 Å². The van der Waals surface area contributed by atoms with Crippen LogP contribution in [0.4, 0.5) is 20.7 Å². The minimum absolute atomic E-state index is 0.0355. The van der Waals surface area contributed by atoms with Crippen molar-refractivity contribution in [3.8, 4) is 0 Å². The van der Waals surface area contributed by atoms with Gasteiger partial charge in [-0.25, -0.2) is 0 Å². The van der Waals surface area contributed by atoms with Crippen molar-refractivity contribution in [2.45, 2.75) is 30.8 Å². The van der Waals surface area contributed by atoms with Gasteiger partial charge < -0.3 is 15.4 Å². The third-order valence-corrected chi connectivity index (χ3v) is 3.76. The first-order valence-corrected chi connectivity index (χ1v) is 8.80. The summed E-state index contributed by atoms with van der Waals surface area (Å²) < 4.78 is 30.6. The van der Waals surface area contributed by atoms with Crippen molar-refractivity contribution in [3.05, 3.63) is 35.9 Å². The van der Waals surface area contributed by atoms with Crippen LogP contribution in [0, 0.1) is 0 Å². The first-order valence-electron chi connectivity index (χ1n) is 7.92. The fourth-order valence-electron chi connectivity index (χ4n) is 2.03. The average Bonchev–Trinajstić information content (AvgIpc) is 2.59. The lowest BCUT2D eigenvalue weighted by atomic mass is 10.1. The molecule has 1 aromatic heterocycles. The van der Waals surface area contributed by atoms with Crippen LogP contribution >= 0.6 is 11.8 Å². The summed E-state index contributed by atoms with van der Waals surface area (Å²) in [5.41, 5.74) is 1.04. The van der Waals surface area contributed by atoms with Gasteiger partial charge in [-0.1, -0.05) is 30.3 Å². The van der Waals surface area contributed by atoms with E-state index < -0.39 is 5.76 Å². The summed E-state index contributed by atoms with van der Waals surface area (Å²) in [4.78, 5) is 12.3. The minimum atomic E-state index is -2.60. The zero-order valence-electron chi connectivity index (χ0n) is 14.1. The highest BCUT2D eigenvalue weighted by Gasteiger charge is 2.14. The molecule has 0 radical (unpaired) electrons. The summed E-state index contributed by atoms with van der Waals surface area (Å²) in [6.07, 6.45) is 0. The number of halogens is 2. The fraction of sp³-hybridized carbons (Fsp3) is 0.438. The smallest absolute Gasteiger partial charge is 0.291 e. The number of nitrogens with zero attached hydrogens (tertiary/aromatic N) is 3. The van der Waals surface area contributed by atoms with Crippen LogP contribution in [0.3, 0.4) is 0 Å². The maximum atomic E-state index is 12.7. The van der Waals surface area contributed by atoms with E-state index in [0.717, 1.165) is 5.56 Å². The number of ether oxygens (including phenoxy) is 1. The van der Waals surface area contributed by atoms with Gasteiger partial charge in [0.15, 0.2) is 5.16 Å². The Hall–Kier alpha value is -2.00. The summed E-state index contributed by atoms with van der Waals surface area (Å²) in [6.45, 7) is 5.40. The van der Waals surface area contributed by atoms with Crippen molar-refractivity contribution in [2.75, 3.05) is 30.4 Å². The molecule has 1 aromatic carbocycles. The number of rotatable bonds is 10. The van der Waals surface area contributed by atoms with Gasteiger partial charge in [-0.3, -0.25) is 0 Å². The van der Waals surface area contributed by atoms with Crippen LogP contribution in [0.15, 0.2) is 35.5 Å². The predicted octanol–water partition coefficient (Wildman–Crippen LogP) is 3.81. The summed E-state index contributed by atoms with van der Waals surface area (Å²) >= 11 is 0.287. The van der Waals surface area contributed by atoms with Crippen molar-refractivity contribution in [3.63, 3.8) is 0 Å². The Bertz CT molecular complexity index is 648. The highest BCUT2D eigenvalue weighted by atomic mass is 32.2. The summed E-state index contributed by atoms with van der Waals surface area (Å²) in [6, 6.07) is 9.64. The maximum Gasteiger partial charge on any atom is 0.291 e. The normalized spacial score (nSPS) is 12.2. The Balaban J connectivity index is 2.11. The van der Waals surface area contributed by atoms with Crippen LogP contribution in [0.25, 0.3) is 0 Å². The maximum absolute atomic E-state index is 12.7. The molecule has 25 heavy (non-hydrogen) atoms. The van der Waals surface area contributed by atoms with Crippen molar-refractivity contribution in [2.24, 2.45) is 0 Å². The Morgan fingerprint density at radius 2 is 1.84 bits per heavy atom. The van der Waals surface area contributed by atoms with Gasteiger partial charge in [-0.05, 0) is 31.2 Å². The van der Waals surface area contributed by atoms with E-state index in [2.05, 4.69) is 25.6 Å². The molecule has 0 saturated heterocycles. The quantitative estimate of drug-likeness (QED) is 0.487. The third kappa shape index (κ3) is 6.79. The lowest BCUT2D eigenvalue weighted by Gasteiger charge is -2.15. The molecule has 136 valence electrons. The van der Waals surface area contributed by atoms with Crippen LogP contribution in [-0.4, -0.2) is 40.5 Å². The monoisotopic (exact) mass is 369 g/mol. The number of hydrogen-bond donors (Lipinski definition) is 2. The van der Waals surface area contributed by atoms with Gasteiger partial charge in [0.1, 0.15) is 0 Å². The molecule has 1 unspecified atom stereocenters. The van der Waals surface area contributed by atoms with Crippen molar-refractivity contribution in [1.82, 2.24) is 15.0 Å². The van der Waals surface area contributed by atoms with E-state index in [9.17, 15) is 8.78 Å². The minimum Gasteiger partial charge on any atom is -0.380 e. The number of anilines is 2. The van der Waals surface area contributed by atoms with Gasteiger partial charge in [0.2, 0.25) is 11.9 Å². The van der Waals surface area contributed by atoms with Gasteiger partial charge in [0.05, 0.1) is 12.6 Å². The highest BCUT2D eigenvalue weighted by molar-refractivity contribution is 7.99. The molecule has 0 amide bonds. The molecule has 2 N–H and O–H groups in total. The van der Waals surface area contributed by atoms with Gasteiger partial charge >= 0.3 is 0 Å². The fourth-order valence-corrected chi connectivity index (χ4v) is 2.47. The van der Waals surface area contributed by atoms with E-state index in [1.807, 2.05) is 44.2 Å². The summed E-state index contributed by atoms with van der Waals surface area (Å²) in [5.74, 6) is -2.12. The van der Waals surface area contributed by atoms with Crippen molar-refractivity contribution >= 4 is 23.7 Å². The van der Waals surface area contributed by atoms with Crippen molar-refractivity contribution < 1.29 is 13.5 Å². The molecule has 0 aliphatic carbocycles. The van der Waals surface area contributed by atoms with Crippen LogP contribution in [0.2, 0.25) is 0 Å². The SMILES string of the molecule is CCOCCNc1nc(NC(C)c2ccccc2)nc(SC(F)F)n1. The Morgan fingerprint density at radius 3 is 2.52 bits per heavy atom. The standard InChI is InChI=1S/C16H21F2N5OS/c1-3-24-10-9-19-14-21-15(23-16(22-14)25-13(17)18)20-11(2)12-7-5-4-6-8-12/h4-8,11,13H,3,9-10H2,1-2H3,(H2,19,20,21,22,23). The number of benzene rings is 1. The highest BCUT2D eigenvalue weighted by Crippen LogP contribution is 2.24. The molecule has 0 aliphatic heterocycles. The van der Waals surface area contributed by atoms with Gasteiger partial charge in [-0.15, -0.1) is 0 Å². The van der Waals surface area contributed by atoms with Crippen LogP contribution in [0.1, 0.15) is 25.5 Å². The lowest BCUT2D eigenvalue weighted by Crippen LogP contribution is -2.15. The summed E-state index contributed by atoms with van der Waals surface area (Å²) in [7, 11) is 0. The molecule has 0 fully saturated rings. The first-order chi connectivity index (χ1) is 12.1. The molecule has 2 aromatic rings. The zero-order chi connectivity index (χ0) is 18.1. The van der Waals surface area contributed by atoms with Crippen LogP contribution < -0.4 is 10.6 Å². The molecule has 0 spiro atoms. The zero-order valence-corrected chi connectivity index (χ0v) is 14.9. The largest absolute Gasteiger partial charge is 0.380 e. The predicted molar refractivity (Wildman–Crippen MR) is 95.2 cm³/mol. The number of aromatic nitrogens is 3. The first kappa shape index (κ1) is 19.3. The Labute approximate surface area is 149 Å². The second-order valence-electron chi connectivity index (χ2n) is 5.04. The molecule has 2 rings (SSSR count). The third-order valence-electron chi connectivity index (χ3n) is 3.19. The molecule has 0 aliphatic rings. The molecule has 6 nitrogen and oxygen atoms in total. The van der Waals surface area contributed by atoms with E-state index in [1.54, 1.807) is 0 Å². The molecule has 1 heterocycles. The second kappa shape index (κ2) is 10.1. The van der Waals surface area contributed by atoms with Crippen LogP contribution in [-0.2, 0) is 4.74 Å². The number of alkyl halides is 2. The molecule has 0 saturated carbocycles. The molecule has 9 heteroatoms. The number of thioether (sulfide) groups is 1. The van der Waals surface area contributed by atoms with E-state index in [1.165, 1.54) is 0 Å². The number of hydrogen-bond acceptors (Lipinski definition) is 7. The summed E-state index contributed by atoms with van der Waals surface area (Å²) in [5, 5.41) is 6.05. The van der Waals surface area contributed by atoms with E-state index in [0.29, 0.717) is 19.8 Å². The Morgan fingerprint density at radius 1 is 1.12 bits per heavy atom. The van der Waals surface area contributed by atoms with E-state index in [4.69, 9.17) is 4.74 Å². The molecule has 1 atom stereocenters. The molecule has 0 bridgehead atoms. The number of nitrogens with one attached hydrogen (secondary N) is 2. The van der Waals surface area contributed by atoms with E-state index >= 15 is 0 Å². The average molecular weight is 369 g/mol. The second-order valence-corrected chi connectivity index (χ2v) is 6.00. The lowest BCUT2D eigenvalue weighted by molar-refractivity contribution is 0.158. The topological polar surface area (TPSA) is 72.0 Å². The molecular formula is C16H21F2N5OS. The van der Waals surface area contributed by atoms with Crippen molar-refractivity contribution in [1.29, 1.82) is 0 Å². The van der Waals surface area contributed by atoms with Gasteiger partial charge in [0, 0.05) is 13.2 Å². The Kier molecular flexibility index (Phi) is 7.80. The van der Waals surface area contributed by atoms with Gasteiger partial charge in [0.25, 0.3) is 5.76 Å². The van der Waals surface area contributed by atoms with E-state index in [-0.39, 0.29) is 34.9 Å². The molecular weight excluding hydrogens is 348 g/mol. The van der Waals surface area contributed by atoms with Crippen LogP contribution in [0.5, 0.6) is 0 Å².